The van der Waals surface area contributed by atoms with Crippen LogP contribution < -0.4 is 11.1 Å². The number of carbonyl (C=O) groups is 1. The summed E-state index contributed by atoms with van der Waals surface area (Å²) in [5.74, 6) is -0.505. The van der Waals surface area contributed by atoms with Crippen LogP contribution in [0.15, 0.2) is 108 Å². The molecule has 0 aromatic heterocycles. The maximum atomic E-state index is 13.8. The van der Waals surface area contributed by atoms with Crippen LogP contribution in [0, 0.1) is 0 Å². The number of sulfonamides is 1. The molecule has 0 radical (unpaired) electrons. The Morgan fingerprint density at radius 2 is 1.49 bits per heavy atom. The van der Waals surface area contributed by atoms with Crippen molar-refractivity contribution < 1.29 is 13.2 Å². The maximum absolute atomic E-state index is 13.8. The van der Waals surface area contributed by atoms with E-state index < -0.39 is 10.0 Å². The van der Waals surface area contributed by atoms with Crippen LogP contribution in [0.4, 0.5) is 0 Å². The number of hydrogen-bond acceptors (Lipinski definition) is 4. The van der Waals surface area contributed by atoms with Crippen molar-refractivity contribution in [3.63, 3.8) is 0 Å². The number of hydrogen-bond donors (Lipinski definition) is 2. The fourth-order valence-electron chi connectivity index (χ4n) is 4.30. The van der Waals surface area contributed by atoms with E-state index in [4.69, 9.17) is 17.3 Å². The summed E-state index contributed by atoms with van der Waals surface area (Å²) in [6.45, 7) is 2.54. The Hall–Kier alpha value is -3.49. The lowest BCUT2D eigenvalue weighted by molar-refractivity contribution is -0.121. The van der Waals surface area contributed by atoms with E-state index in [-0.39, 0.29) is 29.8 Å². The van der Waals surface area contributed by atoms with E-state index in [9.17, 15) is 13.2 Å². The molecule has 0 aliphatic rings. The molecule has 4 rings (SSSR count). The van der Waals surface area contributed by atoms with E-state index in [0.717, 1.165) is 27.8 Å². The number of benzene rings is 4. The summed E-state index contributed by atoms with van der Waals surface area (Å²) in [6.07, 6.45) is 0. The molecule has 0 saturated heterocycles. The third kappa shape index (κ3) is 7.34. The molecule has 0 fully saturated rings. The Kier molecular flexibility index (Phi) is 9.54. The molecule has 1 atom stereocenters. The van der Waals surface area contributed by atoms with Gasteiger partial charge in [-0.25, -0.2) is 8.42 Å². The van der Waals surface area contributed by atoms with Gasteiger partial charge in [0.1, 0.15) is 0 Å². The van der Waals surface area contributed by atoms with Gasteiger partial charge in [0.15, 0.2) is 0 Å². The van der Waals surface area contributed by atoms with E-state index in [1.165, 1.54) is 4.31 Å². The highest BCUT2D eigenvalue weighted by atomic mass is 35.5. The van der Waals surface area contributed by atoms with Crippen molar-refractivity contribution in [3.8, 4) is 11.1 Å². The number of nitrogens with two attached hydrogens (primary N) is 1. The number of amides is 1. The van der Waals surface area contributed by atoms with Crippen LogP contribution >= 0.6 is 11.6 Å². The van der Waals surface area contributed by atoms with Crippen LogP contribution in [-0.4, -0.2) is 31.7 Å². The summed E-state index contributed by atoms with van der Waals surface area (Å²) in [5, 5.41) is 3.43. The minimum Gasteiger partial charge on any atom is -0.351 e. The van der Waals surface area contributed by atoms with E-state index in [1.54, 1.807) is 30.3 Å². The topological polar surface area (TPSA) is 92.5 Å². The van der Waals surface area contributed by atoms with Gasteiger partial charge in [0.2, 0.25) is 15.9 Å². The van der Waals surface area contributed by atoms with E-state index in [1.807, 2.05) is 79.7 Å². The summed E-state index contributed by atoms with van der Waals surface area (Å²) >= 11 is 6.32. The number of carbonyl (C=O) groups excluding carboxylic acids is 1. The summed E-state index contributed by atoms with van der Waals surface area (Å²) in [6, 6.07) is 31.3. The summed E-state index contributed by atoms with van der Waals surface area (Å²) in [4.78, 5) is 13.1. The number of nitrogens with one attached hydrogen (secondary N) is 1. The van der Waals surface area contributed by atoms with Crippen LogP contribution in [0.5, 0.6) is 0 Å². The zero-order chi connectivity index (χ0) is 27.8. The molecule has 39 heavy (non-hydrogen) atoms. The SMILES string of the molecule is C[C@H](CN(CC(=O)NCc1ccc(CN)cc1)S(=O)(=O)c1ccc(-c2ccccc2Cl)cc1)c1ccccc1. The zero-order valence-corrected chi connectivity index (χ0v) is 23.3. The lowest BCUT2D eigenvalue weighted by Crippen LogP contribution is -2.42. The van der Waals surface area contributed by atoms with Crippen molar-refractivity contribution in [1.82, 2.24) is 9.62 Å². The quantitative estimate of drug-likeness (QED) is 0.250. The molecule has 4 aromatic rings. The third-order valence-electron chi connectivity index (χ3n) is 6.59. The second-order valence-corrected chi connectivity index (χ2v) is 11.8. The van der Waals surface area contributed by atoms with E-state index in [2.05, 4.69) is 5.32 Å². The molecule has 0 heterocycles. The lowest BCUT2D eigenvalue weighted by atomic mass is 10.0. The molecular formula is C31H32ClN3O3S. The molecule has 4 aromatic carbocycles. The molecule has 1 amide bonds. The van der Waals surface area contributed by atoms with E-state index in [0.29, 0.717) is 18.1 Å². The molecule has 0 spiro atoms. The van der Waals surface area contributed by atoms with Crippen LogP contribution in [0.1, 0.15) is 29.5 Å². The summed E-state index contributed by atoms with van der Waals surface area (Å²) in [5.41, 5.74) is 10.2. The standard InChI is InChI=1S/C31H32ClN3O3S/c1-23(26-7-3-2-4-8-26)21-35(22-31(36)34-20-25-13-11-24(19-33)12-14-25)39(37,38)28-17-15-27(16-18-28)29-9-5-6-10-30(29)32/h2-18,23H,19-22,33H2,1H3,(H,34,36)/t23-/m1/s1. The van der Waals surface area contributed by atoms with Crippen molar-refractivity contribution in [2.45, 2.75) is 30.8 Å². The van der Waals surface area contributed by atoms with Crippen molar-refractivity contribution in [2.75, 3.05) is 13.1 Å². The van der Waals surface area contributed by atoms with E-state index >= 15 is 0 Å². The molecule has 6 nitrogen and oxygen atoms in total. The molecule has 3 N–H and O–H groups in total. The Bertz CT molecular complexity index is 1490. The van der Waals surface area contributed by atoms with Gasteiger partial charge < -0.3 is 11.1 Å². The first-order valence-electron chi connectivity index (χ1n) is 12.7. The van der Waals surface area contributed by atoms with Crippen LogP contribution in [-0.2, 0) is 27.9 Å². The maximum Gasteiger partial charge on any atom is 0.243 e. The molecule has 0 aliphatic heterocycles. The van der Waals surface area contributed by atoms with Crippen molar-refractivity contribution in [2.24, 2.45) is 5.73 Å². The Morgan fingerprint density at radius 3 is 2.13 bits per heavy atom. The predicted octanol–water partition coefficient (Wildman–Crippen LogP) is 5.58. The first-order valence-corrected chi connectivity index (χ1v) is 14.5. The van der Waals surface area contributed by atoms with Crippen LogP contribution in [0.3, 0.4) is 0 Å². The molecule has 0 unspecified atom stereocenters. The highest BCUT2D eigenvalue weighted by Crippen LogP contribution is 2.29. The minimum atomic E-state index is -3.97. The molecular weight excluding hydrogens is 530 g/mol. The van der Waals surface area contributed by atoms with Gasteiger partial charge in [-0.1, -0.05) is 103 Å². The average Bonchev–Trinajstić information content (AvgIpc) is 2.96. The number of halogens is 1. The fourth-order valence-corrected chi connectivity index (χ4v) is 6.03. The first kappa shape index (κ1) is 28.5. The minimum absolute atomic E-state index is 0.115. The second-order valence-electron chi connectivity index (χ2n) is 9.41. The smallest absolute Gasteiger partial charge is 0.243 e. The molecule has 202 valence electrons. The largest absolute Gasteiger partial charge is 0.351 e. The van der Waals surface area contributed by atoms with Crippen molar-refractivity contribution >= 4 is 27.5 Å². The Labute approximate surface area is 235 Å². The Morgan fingerprint density at radius 1 is 0.872 bits per heavy atom. The van der Waals surface area contributed by atoms with Crippen molar-refractivity contribution in [3.05, 3.63) is 125 Å². The highest BCUT2D eigenvalue weighted by molar-refractivity contribution is 7.89. The third-order valence-corrected chi connectivity index (χ3v) is 8.75. The number of nitrogens with zero attached hydrogens (tertiary/aromatic N) is 1. The predicted molar refractivity (Wildman–Crippen MR) is 157 cm³/mol. The van der Waals surface area contributed by atoms with Crippen LogP contribution in [0.25, 0.3) is 11.1 Å². The fraction of sp³-hybridized carbons (Fsp3) is 0.194. The summed E-state index contributed by atoms with van der Waals surface area (Å²) < 4.78 is 28.9. The van der Waals surface area contributed by atoms with Crippen molar-refractivity contribution in [1.29, 1.82) is 0 Å². The average molecular weight is 562 g/mol. The van der Waals surface area contributed by atoms with Gasteiger partial charge in [-0.05, 0) is 46.4 Å². The second kappa shape index (κ2) is 13.0. The lowest BCUT2D eigenvalue weighted by Gasteiger charge is -2.25. The summed E-state index contributed by atoms with van der Waals surface area (Å²) in [7, 11) is -3.97. The first-order chi connectivity index (χ1) is 18.8. The van der Waals surface area contributed by atoms with Gasteiger partial charge in [-0.2, -0.15) is 4.31 Å². The molecule has 8 heteroatoms. The van der Waals surface area contributed by atoms with Gasteiger partial charge in [0.25, 0.3) is 0 Å². The zero-order valence-electron chi connectivity index (χ0n) is 21.8. The highest BCUT2D eigenvalue weighted by Gasteiger charge is 2.28. The molecule has 0 saturated carbocycles. The van der Waals surface area contributed by atoms with Gasteiger partial charge in [0, 0.05) is 30.2 Å². The van der Waals surface area contributed by atoms with Gasteiger partial charge in [-0.15, -0.1) is 0 Å². The normalized spacial score (nSPS) is 12.3. The van der Waals surface area contributed by atoms with Gasteiger partial charge >= 0.3 is 0 Å². The van der Waals surface area contributed by atoms with Crippen LogP contribution in [0.2, 0.25) is 5.02 Å². The number of rotatable bonds is 11. The molecule has 0 aliphatic carbocycles. The Balaban J connectivity index is 1.55. The van der Waals surface area contributed by atoms with Gasteiger partial charge in [-0.3, -0.25) is 4.79 Å². The van der Waals surface area contributed by atoms with Gasteiger partial charge in [0.05, 0.1) is 11.4 Å². The monoisotopic (exact) mass is 561 g/mol. The molecule has 0 bridgehead atoms.